The van der Waals surface area contributed by atoms with E-state index in [1.54, 1.807) is 0 Å². The van der Waals surface area contributed by atoms with Crippen molar-refractivity contribution in [3.8, 4) is 0 Å². The number of amides is 1. The lowest BCUT2D eigenvalue weighted by Crippen LogP contribution is -2.45. The summed E-state index contributed by atoms with van der Waals surface area (Å²) in [6.45, 7) is 5.60. The maximum absolute atomic E-state index is 11.9. The van der Waals surface area contributed by atoms with Gasteiger partial charge in [0.1, 0.15) is 0 Å². The first-order chi connectivity index (χ1) is 8.13. The van der Waals surface area contributed by atoms with Crippen molar-refractivity contribution >= 4 is 5.91 Å². The van der Waals surface area contributed by atoms with Gasteiger partial charge in [0.15, 0.2) is 0 Å². The van der Waals surface area contributed by atoms with Crippen LogP contribution in [0.25, 0.3) is 0 Å². The van der Waals surface area contributed by atoms with Gasteiger partial charge in [-0.3, -0.25) is 4.79 Å². The van der Waals surface area contributed by atoms with Gasteiger partial charge in [-0.1, -0.05) is 39.5 Å². The topological polar surface area (TPSA) is 55.1 Å². The van der Waals surface area contributed by atoms with E-state index in [9.17, 15) is 4.79 Å². The maximum Gasteiger partial charge on any atom is 0.222 e. The minimum atomic E-state index is 0.137. The summed E-state index contributed by atoms with van der Waals surface area (Å²) in [5.74, 6) is 0.337. The Morgan fingerprint density at radius 3 is 2.53 bits per heavy atom. The molecular weight excluding hydrogens is 212 g/mol. The standard InChI is InChI=1S/C14H28N2O/c1-3-7-12(2)13(17)16-11-14(10-15)8-5-4-6-9-14/h12H,3-11,15H2,1-2H3,(H,16,17). The molecule has 1 fully saturated rings. The quantitative estimate of drug-likeness (QED) is 0.749. The Morgan fingerprint density at radius 1 is 1.35 bits per heavy atom. The second-order valence-electron chi connectivity index (χ2n) is 5.67. The molecule has 17 heavy (non-hydrogen) atoms. The van der Waals surface area contributed by atoms with Crippen LogP contribution >= 0.6 is 0 Å². The molecule has 0 aromatic heterocycles. The van der Waals surface area contributed by atoms with E-state index in [1.807, 2.05) is 6.92 Å². The number of hydrogen-bond acceptors (Lipinski definition) is 2. The lowest BCUT2D eigenvalue weighted by atomic mass is 9.74. The Labute approximate surface area is 106 Å². The first-order valence-electron chi connectivity index (χ1n) is 7.11. The first kappa shape index (κ1) is 14.5. The monoisotopic (exact) mass is 240 g/mol. The van der Waals surface area contributed by atoms with Gasteiger partial charge in [-0.05, 0) is 31.2 Å². The van der Waals surface area contributed by atoms with E-state index in [1.165, 1.54) is 32.1 Å². The normalized spacial score (nSPS) is 20.9. The molecule has 1 unspecified atom stereocenters. The summed E-state index contributed by atoms with van der Waals surface area (Å²) in [7, 11) is 0. The van der Waals surface area contributed by atoms with E-state index in [4.69, 9.17) is 5.73 Å². The van der Waals surface area contributed by atoms with Crippen molar-refractivity contribution in [2.24, 2.45) is 17.1 Å². The zero-order chi connectivity index (χ0) is 12.7. The molecule has 0 radical (unpaired) electrons. The predicted molar refractivity (Wildman–Crippen MR) is 71.7 cm³/mol. The van der Waals surface area contributed by atoms with Crippen molar-refractivity contribution in [3.05, 3.63) is 0 Å². The number of nitrogens with one attached hydrogen (secondary N) is 1. The second-order valence-corrected chi connectivity index (χ2v) is 5.67. The fourth-order valence-corrected chi connectivity index (χ4v) is 2.77. The van der Waals surface area contributed by atoms with Crippen LogP contribution in [0.2, 0.25) is 0 Å². The van der Waals surface area contributed by atoms with E-state index in [0.717, 1.165) is 19.4 Å². The minimum absolute atomic E-state index is 0.137. The van der Waals surface area contributed by atoms with Crippen LogP contribution in [-0.4, -0.2) is 19.0 Å². The fourth-order valence-electron chi connectivity index (χ4n) is 2.77. The molecule has 0 heterocycles. The van der Waals surface area contributed by atoms with Crippen LogP contribution in [0.3, 0.4) is 0 Å². The molecular formula is C14H28N2O. The molecule has 100 valence electrons. The largest absolute Gasteiger partial charge is 0.355 e. The van der Waals surface area contributed by atoms with E-state index in [2.05, 4.69) is 12.2 Å². The highest BCUT2D eigenvalue weighted by atomic mass is 16.1. The molecule has 0 aromatic rings. The van der Waals surface area contributed by atoms with Crippen molar-refractivity contribution in [1.29, 1.82) is 0 Å². The molecule has 3 heteroatoms. The van der Waals surface area contributed by atoms with Gasteiger partial charge in [-0.2, -0.15) is 0 Å². The molecule has 0 spiro atoms. The third kappa shape index (κ3) is 4.30. The summed E-state index contributed by atoms with van der Waals surface area (Å²) in [6.07, 6.45) is 8.23. The van der Waals surface area contributed by atoms with Crippen LogP contribution in [0.4, 0.5) is 0 Å². The number of rotatable bonds is 6. The molecule has 1 atom stereocenters. The highest BCUT2D eigenvalue weighted by Crippen LogP contribution is 2.34. The lowest BCUT2D eigenvalue weighted by molar-refractivity contribution is -0.125. The molecule has 0 saturated heterocycles. The predicted octanol–water partition coefficient (Wildman–Crippen LogP) is 2.45. The SMILES string of the molecule is CCCC(C)C(=O)NCC1(CN)CCCCC1. The maximum atomic E-state index is 11.9. The zero-order valence-electron chi connectivity index (χ0n) is 11.4. The van der Waals surface area contributed by atoms with Crippen molar-refractivity contribution in [3.63, 3.8) is 0 Å². The summed E-state index contributed by atoms with van der Waals surface area (Å²) in [6, 6.07) is 0. The van der Waals surface area contributed by atoms with Gasteiger partial charge in [-0.25, -0.2) is 0 Å². The Balaban J connectivity index is 2.39. The van der Waals surface area contributed by atoms with E-state index in [0.29, 0.717) is 6.54 Å². The van der Waals surface area contributed by atoms with E-state index < -0.39 is 0 Å². The average molecular weight is 240 g/mol. The molecule has 1 amide bonds. The Bertz CT molecular complexity index is 234. The lowest BCUT2D eigenvalue weighted by Gasteiger charge is -2.36. The van der Waals surface area contributed by atoms with Gasteiger partial charge in [0, 0.05) is 12.5 Å². The van der Waals surface area contributed by atoms with Crippen LogP contribution in [0.5, 0.6) is 0 Å². The fraction of sp³-hybridized carbons (Fsp3) is 0.929. The Kier molecular flexibility index (Phi) is 5.96. The molecule has 1 aliphatic rings. The zero-order valence-corrected chi connectivity index (χ0v) is 11.4. The number of hydrogen-bond donors (Lipinski definition) is 2. The van der Waals surface area contributed by atoms with Gasteiger partial charge in [0.25, 0.3) is 0 Å². The van der Waals surface area contributed by atoms with Crippen LogP contribution in [0.15, 0.2) is 0 Å². The highest BCUT2D eigenvalue weighted by molar-refractivity contribution is 5.78. The van der Waals surface area contributed by atoms with Gasteiger partial charge >= 0.3 is 0 Å². The summed E-state index contributed by atoms with van der Waals surface area (Å²) in [5.41, 5.74) is 6.09. The summed E-state index contributed by atoms with van der Waals surface area (Å²) in [4.78, 5) is 11.9. The molecule has 0 aliphatic heterocycles. The summed E-state index contributed by atoms with van der Waals surface area (Å²) >= 11 is 0. The van der Waals surface area contributed by atoms with Crippen molar-refractivity contribution in [2.75, 3.05) is 13.1 Å². The Morgan fingerprint density at radius 2 is 2.00 bits per heavy atom. The van der Waals surface area contributed by atoms with Gasteiger partial charge in [-0.15, -0.1) is 0 Å². The molecule has 0 bridgehead atoms. The van der Waals surface area contributed by atoms with Crippen LogP contribution in [0, 0.1) is 11.3 Å². The third-order valence-electron chi connectivity index (χ3n) is 4.15. The van der Waals surface area contributed by atoms with Gasteiger partial charge < -0.3 is 11.1 Å². The van der Waals surface area contributed by atoms with Gasteiger partial charge in [0.05, 0.1) is 0 Å². The number of carbonyl (C=O) groups excluding carboxylic acids is 1. The van der Waals surface area contributed by atoms with E-state index >= 15 is 0 Å². The van der Waals surface area contributed by atoms with Crippen LogP contribution in [-0.2, 0) is 4.79 Å². The second kappa shape index (κ2) is 7.00. The van der Waals surface area contributed by atoms with Crippen molar-refractivity contribution in [2.45, 2.75) is 58.8 Å². The molecule has 3 nitrogen and oxygen atoms in total. The molecule has 3 N–H and O–H groups in total. The van der Waals surface area contributed by atoms with Crippen LogP contribution in [0.1, 0.15) is 58.8 Å². The van der Waals surface area contributed by atoms with Gasteiger partial charge in [0.2, 0.25) is 5.91 Å². The minimum Gasteiger partial charge on any atom is -0.355 e. The van der Waals surface area contributed by atoms with E-state index in [-0.39, 0.29) is 17.2 Å². The highest BCUT2D eigenvalue weighted by Gasteiger charge is 2.31. The Hall–Kier alpha value is -0.570. The molecule has 0 aromatic carbocycles. The number of nitrogens with two attached hydrogens (primary N) is 1. The molecule has 1 rings (SSSR count). The smallest absolute Gasteiger partial charge is 0.222 e. The molecule has 1 aliphatic carbocycles. The van der Waals surface area contributed by atoms with Crippen molar-refractivity contribution in [1.82, 2.24) is 5.32 Å². The average Bonchev–Trinajstić information content (AvgIpc) is 2.37. The summed E-state index contributed by atoms with van der Waals surface area (Å²) < 4.78 is 0. The van der Waals surface area contributed by atoms with Crippen LogP contribution < -0.4 is 11.1 Å². The third-order valence-corrected chi connectivity index (χ3v) is 4.15. The number of carbonyl (C=O) groups is 1. The molecule has 1 saturated carbocycles. The first-order valence-corrected chi connectivity index (χ1v) is 7.11. The van der Waals surface area contributed by atoms with Crippen molar-refractivity contribution < 1.29 is 4.79 Å². The summed E-state index contributed by atoms with van der Waals surface area (Å²) in [5, 5.41) is 3.11.